The molecule has 2 rings (SSSR count). The Labute approximate surface area is 130 Å². The van der Waals surface area contributed by atoms with E-state index in [1.807, 2.05) is 18.2 Å². The third-order valence-corrected chi connectivity index (χ3v) is 3.38. The van der Waals surface area contributed by atoms with Crippen LogP contribution in [-0.2, 0) is 6.54 Å². The van der Waals surface area contributed by atoms with Gasteiger partial charge in [-0.25, -0.2) is 4.39 Å². The van der Waals surface area contributed by atoms with Gasteiger partial charge in [0.2, 0.25) is 0 Å². The maximum atomic E-state index is 13.0. The number of carbonyl (C=O) groups excluding carboxylic acids is 1. The molecule has 0 fully saturated rings. The summed E-state index contributed by atoms with van der Waals surface area (Å²) in [6, 6.07) is 16.0. The summed E-state index contributed by atoms with van der Waals surface area (Å²) in [7, 11) is 2.06. The van der Waals surface area contributed by atoms with Crippen LogP contribution >= 0.6 is 0 Å². The number of hydrogen-bond acceptors (Lipinski definition) is 2. The van der Waals surface area contributed by atoms with Crippen LogP contribution in [-0.4, -0.2) is 30.9 Å². The molecule has 0 aliphatic heterocycles. The molecule has 0 saturated carbocycles. The van der Waals surface area contributed by atoms with Crippen LogP contribution < -0.4 is 5.32 Å². The van der Waals surface area contributed by atoms with Gasteiger partial charge in [-0.3, -0.25) is 4.79 Å². The predicted octanol–water partition coefficient (Wildman–Crippen LogP) is 3.08. The summed E-state index contributed by atoms with van der Waals surface area (Å²) in [5, 5.41) is 2.81. The molecule has 0 radical (unpaired) electrons. The van der Waals surface area contributed by atoms with Gasteiger partial charge in [0.1, 0.15) is 5.82 Å². The zero-order valence-electron chi connectivity index (χ0n) is 12.8. The lowest BCUT2D eigenvalue weighted by molar-refractivity contribution is 0.0951. The topological polar surface area (TPSA) is 32.3 Å². The van der Waals surface area contributed by atoms with Crippen LogP contribution in [0.25, 0.3) is 0 Å². The first-order valence-corrected chi connectivity index (χ1v) is 7.41. The van der Waals surface area contributed by atoms with E-state index >= 15 is 0 Å². The van der Waals surface area contributed by atoms with Crippen molar-refractivity contribution in [2.24, 2.45) is 0 Å². The second-order valence-corrected chi connectivity index (χ2v) is 5.34. The van der Waals surface area contributed by atoms with Gasteiger partial charge < -0.3 is 10.2 Å². The highest BCUT2D eigenvalue weighted by molar-refractivity contribution is 5.94. The van der Waals surface area contributed by atoms with Crippen LogP contribution in [0, 0.1) is 5.82 Å². The van der Waals surface area contributed by atoms with Crippen molar-refractivity contribution >= 4 is 5.91 Å². The molecule has 2 aromatic carbocycles. The molecule has 0 aliphatic carbocycles. The second kappa shape index (κ2) is 8.29. The zero-order valence-corrected chi connectivity index (χ0v) is 12.8. The lowest BCUT2D eigenvalue weighted by Gasteiger charge is -2.16. The van der Waals surface area contributed by atoms with Crippen LogP contribution in [0.4, 0.5) is 4.39 Å². The SMILES string of the molecule is CN(CCCNC(=O)c1cccc(F)c1)Cc1ccccc1. The summed E-state index contributed by atoms with van der Waals surface area (Å²) in [4.78, 5) is 14.1. The maximum Gasteiger partial charge on any atom is 0.251 e. The Morgan fingerprint density at radius 3 is 2.64 bits per heavy atom. The van der Waals surface area contributed by atoms with Crippen molar-refractivity contribution in [3.63, 3.8) is 0 Å². The van der Waals surface area contributed by atoms with Gasteiger partial charge in [0.25, 0.3) is 5.91 Å². The predicted molar refractivity (Wildman–Crippen MR) is 86.1 cm³/mol. The van der Waals surface area contributed by atoms with E-state index in [1.165, 1.54) is 23.8 Å². The number of carbonyl (C=O) groups is 1. The van der Waals surface area contributed by atoms with Gasteiger partial charge in [0.15, 0.2) is 0 Å². The van der Waals surface area contributed by atoms with Crippen molar-refractivity contribution in [3.05, 3.63) is 71.5 Å². The molecule has 0 bridgehead atoms. The molecule has 0 unspecified atom stereocenters. The van der Waals surface area contributed by atoms with Gasteiger partial charge in [0, 0.05) is 18.7 Å². The molecule has 3 nitrogen and oxygen atoms in total. The van der Waals surface area contributed by atoms with E-state index in [4.69, 9.17) is 0 Å². The largest absolute Gasteiger partial charge is 0.352 e. The van der Waals surface area contributed by atoms with E-state index in [9.17, 15) is 9.18 Å². The first-order valence-electron chi connectivity index (χ1n) is 7.41. The van der Waals surface area contributed by atoms with E-state index in [-0.39, 0.29) is 5.91 Å². The molecule has 2 aromatic rings. The van der Waals surface area contributed by atoms with Crippen molar-refractivity contribution in [2.45, 2.75) is 13.0 Å². The van der Waals surface area contributed by atoms with E-state index in [0.717, 1.165) is 19.5 Å². The normalized spacial score (nSPS) is 10.7. The van der Waals surface area contributed by atoms with E-state index in [1.54, 1.807) is 6.07 Å². The molecule has 0 heterocycles. The Morgan fingerprint density at radius 2 is 1.91 bits per heavy atom. The highest BCUT2D eigenvalue weighted by Crippen LogP contribution is 2.04. The number of benzene rings is 2. The monoisotopic (exact) mass is 300 g/mol. The smallest absolute Gasteiger partial charge is 0.251 e. The summed E-state index contributed by atoms with van der Waals surface area (Å²) in [6.07, 6.45) is 0.852. The third-order valence-electron chi connectivity index (χ3n) is 3.38. The highest BCUT2D eigenvalue weighted by Gasteiger charge is 2.06. The quantitative estimate of drug-likeness (QED) is 0.797. The fourth-order valence-corrected chi connectivity index (χ4v) is 2.26. The van der Waals surface area contributed by atoms with Crippen LogP contribution in [0.3, 0.4) is 0 Å². The Balaban J connectivity index is 1.67. The van der Waals surface area contributed by atoms with Gasteiger partial charge in [-0.15, -0.1) is 0 Å². The molecular weight excluding hydrogens is 279 g/mol. The van der Waals surface area contributed by atoms with Gasteiger partial charge in [-0.05, 0) is 43.8 Å². The molecule has 1 N–H and O–H groups in total. The summed E-state index contributed by atoms with van der Waals surface area (Å²) < 4.78 is 13.0. The summed E-state index contributed by atoms with van der Waals surface area (Å²) in [6.45, 7) is 2.35. The molecule has 0 spiro atoms. The number of hydrogen-bond donors (Lipinski definition) is 1. The van der Waals surface area contributed by atoms with Crippen molar-refractivity contribution < 1.29 is 9.18 Å². The summed E-state index contributed by atoms with van der Waals surface area (Å²) in [5.41, 5.74) is 1.63. The molecule has 0 aliphatic rings. The lowest BCUT2D eigenvalue weighted by atomic mass is 10.2. The average Bonchev–Trinajstić information content (AvgIpc) is 2.52. The van der Waals surface area contributed by atoms with Gasteiger partial charge in [0.05, 0.1) is 0 Å². The molecule has 0 saturated heterocycles. The Kier molecular flexibility index (Phi) is 6.10. The maximum absolute atomic E-state index is 13.0. The van der Waals surface area contributed by atoms with Gasteiger partial charge in [-0.1, -0.05) is 36.4 Å². The number of nitrogens with one attached hydrogen (secondary N) is 1. The standard InChI is InChI=1S/C18H21FN2O/c1-21(14-15-7-3-2-4-8-15)12-6-11-20-18(22)16-9-5-10-17(19)13-16/h2-5,7-10,13H,6,11-12,14H2,1H3,(H,20,22). The Morgan fingerprint density at radius 1 is 1.14 bits per heavy atom. The van der Waals surface area contributed by atoms with E-state index < -0.39 is 5.82 Å². The average molecular weight is 300 g/mol. The number of nitrogens with zero attached hydrogens (tertiary/aromatic N) is 1. The number of rotatable bonds is 7. The van der Waals surface area contributed by atoms with Crippen LogP contribution in [0.5, 0.6) is 0 Å². The minimum atomic E-state index is -0.393. The summed E-state index contributed by atoms with van der Waals surface area (Å²) in [5.74, 6) is -0.625. The lowest BCUT2D eigenvalue weighted by Crippen LogP contribution is -2.28. The van der Waals surface area contributed by atoms with Crippen LogP contribution in [0.1, 0.15) is 22.3 Å². The minimum absolute atomic E-state index is 0.231. The van der Waals surface area contributed by atoms with Crippen molar-refractivity contribution in [3.8, 4) is 0 Å². The molecular formula is C18H21FN2O. The molecule has 1 amide bonds. The Hall–Kier alpha value is -2.20. The first-order chi connectivity index (χ1) is 10.6. The van der Waals surface area contributed by atoms with Crippen molar-refractivity contribution in [1.82, 2.24) is 10.2 Å². The minimum Gasteiger partial charge on any atom is -0.352 e. The number of halogens is 1. The molecule has 0 atom stereocenters. The van der Waals surface area contributed by atoms with E-state index in [0.29, 0.717) is 12.1 Å². The molecule has 0 aromatic heterocycles. The summed E-state index contributed by atoms with van der Waals surface area (Å²) >= 11 is 0. The van der Waals surface area contributed by atoms with Crippen LogP contribution in [0.15, 0.2) is 54.6 Å². The first kappa shape index (κ1) is 16.2. The molecule has 116 valence electrons. The van der Waals surface area contributed by atoms with Gasteiger partial charge >= 0.3 is 0 Å². The molecule has 22 heavy (non-hydrogen) atoms. The van der Waals surface area contributed by atoms with E-state index in [2.05, 4.69) is 29.4 Å². The fraction of sp³-hybridized carbons (Fsp3) is 0.278. The third kappa shape index (κ3) is 5.30. The number of amides is 1. The molecule has 4 heteroatoms. The van der Waals surface area contributed by atoms with Crippen LogP contribution in [0.2, 0.25) is 0 Å². The van der Waals surface area contributed by atoms with Crippen molar-refractivity contribution in [1.29, 1.82) is 0 Å². The Bertz CT molecular complexity index is 601. The second-order valence-electron chi connectivity index (χ2n) is 5.34. The highest BCUT2D eigenvalue weighted by atomic mass is 19.1. The fourth-order valence-electron chi connectivity index (χ4n) is 2.26. The van der Waals surface area contributed by atoms with Gasteiger partial charge in [-0.2, -0.15) is 0 Å². The zero-order chi connectivity index (χ0) is 15.8. The van der Waals surface area contributed by atoms with Crippen molar-refractivity contribution in [2.75, 3.05) is 20.1 Å².